The number of carbonyl (C=O) groups is 2. The van der Waals surface area contributed by atoms with Gasteiger partial charge in [-0.3, -0.25) is 90.3 Å². The van der Waals surface area contributed by atoms with Crippen LogP contribution in [0.2, 0.25) is 0 Å². The van der Waals surface area contributed by atoms with Crippen molar-refractivity contribution in [2.45, 2.75) is 65.2 Å². The molecule has 106 heavy (non-hydrogen) atoms. The molecule has 15 rings (SSSR count). The molecule has 0 fully saturated rings. The first-order chi connectivity index (χ1) is 50.5. The van der Waals surface area contributed by atoms with Crippen LogP contribution in [0.4, 0.5) is 34.1 Å². The first kappa shape index (κ1) is 73.8. The minimum absolute atomic E-state index is 0. The van der Waals surface area contributed by atoms with Crippen molar-refractivity contribution in [1.29, 1.82) is 0 Å². The number of imidazole rings is 3. The number of aromatic nitrogens is 9. The van der Waals surface area contributed by atoms with Gasteiger partial charge in [-0.25, -0.2) is 15.0 Å². The van der Waals surface area contributed by atoms with Crippen molar-refractivity contribution in [3.05, 3.63) is 262 Å². The first-order valence-electron chi connectivity index (χ1n) is 33.0. The van der Waals surface area contributed by atoms with Crippen molar-refractivity contribution < 1.29 is 47.4 Å². The molecule has 15 aromatic rings. The summed E-state index contributed by atoms with van der Waals surface area (Å²) >= 11 is 0. The van der Waals surface area contributed by atoms with E-state index in [1.54, 1.807) is 117 Å². The van der Waals surface area contributed by atoms with Gasteiger partial charge in [-0.2, -0.15) is 8.42 Å². The summed E-state index contributed by atoms with van der Waals surface area (Å²) in [7, 11) is -1.10. The average molecular weight is 1450 g/mol. The van der Waals surface area contributed by atoms with Crippen molar-refractivity contribution in [3.8, 4) is 17.1 Å². The summed E-state index contributed by atoms with van der Waals surface area (Å²) in [5, 5.41) is 43.1. The summed E-state index contributed by atoms with van der Waals surface area (Å²) in [5.74, 6) is -0.0501. The van der Waals surface area contributed by atoms with E-state index in [0.717, 1.165) is 49.6 Å². The number of fused-ring (bicyclic) bond motifs is 15. The number of rotatable bonds is 17. The molecule has 0 spiro atoms. The van der Waals surface area contributed by atoms with Crippen LogP contribution in [0.3, 0.4) is 0 Å². The number of carbonyl (C=O) groups excluding carboxylic acids is 2. The van der Waals surface area contributed by atoms with Gasteiger partial charge in [0.15, 0.2) is 16.9 Å². The molecule has 9 aromatic heterocycles. The molecule has 0 aliphatic heterocycles. The maximum atomic E-state index is 13.7. The number of non-ortho nitro benzene ring substituents is 3. The highest BCUT2D eigenvalue weighted by Gasteiger charge is 2.24. The molecule has 2 amide bonds. The van der Waals surface area contributed by atoms with Crippen molar-refractivity contribution in [2.24, 2.45) is 0 Å². The fraction of sp³-hybridized carbons (Fsp3) is 0.162. The number of hydrogen-bond donors (Lipinski definition) is 4. The number of amides is 2. The number of nitro benzene ring substituents is 3. The topological polar surface area (TPSA) is 415 Å². The monoisotopic (exact) mass is 1450 g/mol. The normalized spacial score (nSPS) is 11.3. The van der Waals surface area contributed by atoms with Crippen LogP contribution < -0.4 is 32.2 Å². The lowest BCUT2D eigenvalue weighted by Gasteiger charge is -2.18. The Morgan fingerprint density at radius 3 is 1.13 bits per heavy atom. The minimum atomic E-state index is -4.67. The third-order valence-corrected chi connectivity index (χ3v) is 17.5. The molecule has 0 bridgehead atoms. The zero-order valence-corrected chi connectivity index (χ0v) is 57.9. The van der Waals surface area contributed by atoms with Crippen LogP contribution in [0.5, 0.6) is 0 Å². The van der Waals surface area contributed by atoms with Gasteiger partial charge in [0, 0.05) is 114 Å². The van der Waals surface area contributed by atoms with E-state index in [0.29, 0.717) is 119 Å². The fourth-order valence-corrected chi connectivity index (χ4v) is 12.5. The third kappa shape index (κ3) is 14.9. The maximum absolute atomic E-state index is 13.7. The number of hydrogen-bond acceptors (Lipinski definition) is 17. The van der Waals surface area contributed by atoms with Gasteiger partial charge in [-0.05, 0) is 104 Å². The lowest BCUT2D eigenvalue weighted by Crippen LogP contribution is -2.26. The van der Waals surface area contributed by atoms with E-state index in [4.69, 9.17) is 32.5 Å². The van der Waals surface area contributed by atoms with E-state index in [9.17, 15) is 54.3 Å². The SMILES string of the molecule is CCCCCC(=O)N(C)c1ccc2nc3c4ccccc4c(=O)n(-c4ccc([N+](=O)[O-])cc4)c3n2c1.CCCCCC(=O)Nc1ccc2nc3c4ccccc4c(=O)n(-c4ccc([N+](=O)[O-])cc4)c3n2c1.CNc1ccc2nc3c4ccccc4c(=O)n(-c4ccc([N+](=O)[O-])cc4)c3n2c1.O.O=S(=O)(O)O. The lowest BCUT2D eigenvalue weighted by molar-refractivity contribution is -0.385. The van der Waals surface area contributed by atoms with E-state index in [2.05, 4.69) is 24.5 Å². The van der Waals surface area contributed by atoms with Gasteiger partial charge in [-0.15, -0.1) is 0 Å². The Hall–Kier alpha value is -13.4. The van der Waals surface area contributed by atoms with Crippen LogP contribution in [0.1, 0.15) is 65.2 Å². The number of anilines is 3. The molecule has 32 heteroatoms. The standard InChI is InChI=1S/C27H25N5O4.C26H23N5O4.C21H15N5O3.H2O4S.H2O/c1-3-4-5-10-24(33)29(2)20-15-16-23-28-25-21-8-6-7-9-22(21)27(34)31(26(25)30(23)17-20)18-11-13-19(14-12-18)32(35)36;1-2-3-4-9-23(32)27-17-10-15-22-28-24-20-7-5-6-8-21(20)26(33)30(25(24)29(22)16-17)18-11-13-19(14-12-18)31(34)35;1-22-13-6-11-18-23-19-16-4-2-3-5-17(16)21(27)25(20(19)24(18)12-13)14-7-9-15(10-8-14)26(28)29;1-5(2,3)4;/h6-9,11-17H,3-5,10H2,1-2H3;5-8,10-16H,2-4,9H2,1H3,(H,27,32);2-12,22H,1H3;(H2,1,2,3,4);1H2. The van der Waals surface area contributed by atoms with Gasteiger partial charge in [-0.1, -0.05) is 94.1 Å². The molecule has 0 unspecified atom stereocenters. The Labute approximate surface area is 599 Å². The Morgan fingerprint density at radius 2 is 0.783 bits per heavy atom. The zero-order valence-electron chi connectivity index (χ0n) is 57.1. The molecule has 0 saturated carbocycles. The Morgan fingerprint density at radius 1 is 0.462 bits per heavy atom. The van der Waals surface area contributed by atoms with Crippen LogP contribution in [0, 0.1) is 30.3 Å². The Bertz CT molecular complexity index is 6260. The molecule has 0 saturated heterocycles. The fourth-order valence-electron chi connectivity index (χ4n) is 12.5. The van der Waals surface area contributed by atoms with Crippen molar-refractivity contribution in [1.82, 2.24) is 41.9 Å². The van der Waals surface area contributed by atoms with Crippen molar-refractivity contribution in [3.63, 3.8) is 0 Å². The van der Waals surface area contributed by atoms with Crippen LogP contribution in [-0.2, 0) is 20.0 Å². The average Bonchev–Trinajstić information content (AvgIpc) is 1.55. The van der Waals surface area contributed by atoms with Gasteiger partial charge in [0.05, 0.1) is 48.9 Å². The molecule has 6 N–H and O–H groups in total. The first-order valence-corrected chi connectivity index (χ1v) is 34.4. The van der Waals surface area contributed by atoms with E-state index in [-0.39, 0.29) is 51.0 Å². The van der Waals surface area contributed by atoms with E-state index in [1.165, 1.54) is 45.5 Å². The van der Waals surface area contributed by atoms with Crippen LogP contribution >= 0.6 is 0 Å². The van der Waals surface area contributed by atoms with Gasteiger partial charge in [0.1, 0.15) is 33.5 Å². The third-order valence-electron chi connectivity index (χ3n) is 17.5. The van der Waals surface area contributed by atoms with Crippen LogP contribution in [0.25, 0.3) is 99.8 Å². The molecule has 0 radical (unpaired) electrons. The van der Waals surface area contributed by atoms with Gasteiger partial charge in [0.2, 0.25) is 11.8 Å². The summed E-state index contributed by atoms with van der Waals surface area (Å²) in [6.07, 6.45) is 12.1. The molecular formula is C74H67N15O16S. The Kier molecular flexibility index (Phi) is 21.6. The van der Waals surface area contributed by atoms with Crippen LogP contribution in [-0.4, -0.2) is 106 Å². The lowest BCUT2D eigenvalue weighted by atomic mass is 10.1. The predicted molar refractivity (Wildman–Crippen MR) is 405 cm³/mol. The minimum Gasteiger partial charge on any atom is -0.412 e. The highest BCUT2D eigenvalue weighted by Crippen LogP contribution is 2.32. The number of benzene rings is 6. The van der Waals surface area contributed by atoms with Crippen LogP contribution in [0.15, 0.2) is 215 Å². The van der Waals surface area contributed by atoms with E-state index in [1.807, 2.05) is 84.4 Å². The van der Waals surface area contributed by atoms with Gasteiger partial charge in [0.25, 0.3) is 33.7 Å². The number of nitro groups is 3. The number of unbranched alkanes of at least 4 members (excludes halogenated alkanes) is 4. The zero-order chi connectivity index (χ0) is 74.5. The maximum Gasteiger partial charge on any atom is 0.394 e. The summed E-state index contributed by atoms with van der Waals surface area (Å²) in [6, 6.07) is 50.5. The molecule has 31 nitrogen and oxygen atoms in total. The highest BCUT2D eigenvalue weighted by atomic mass is 32.3. The van der Waals surface area contributed by atoms with Crippen molar-refractivity contribution in [2.75, 3.05) is 29.6 Å². The number of nitrogens with one attached hydrogen (secondary N) is 2. The quantitative estimate of drug-likeness (QED) is 0.0285. The largest absolute Gasteiger partial charge is 0.412 e. The summed E-state index contributed by atoms with van der Waals surface area (Å²) in [4.78, 5) is 114. The molecule has 9 heterocycles. The number of nitrogens with zero attached hydrogens (tertiary/aromatic N) is 13. The van der Waals surface area contributed by atoms with Crippen molar-refractivity contribution >= 4 is 139 Å². The Balaban J connectivity index is 0.000000154. The second kappa shape index (κ2) is 31.0. The second-order valence-electron chi connectivity index (χ2n) is 24.3. The number of pyridine rings is 6. The molecule has 0 aliphatic rings. The molecule has 6 aromatic carbocycles. The van der Waals surface area contributed by atoms with E-state index >= 15 is 0 Å². The van der Waals surface area contributed by atoms with Gasteiger partial charge < -0.3 is 21.0 Å². The summed E-state index contributed by atoms with van der Waals surface area (Å²) in [5.41, 5.74) is 8.23. The predicted octanol–water partition coefficient (Wildman–Crippen LogP) is 12.7. The van der Waals surface area contributed by atoms with E-state index < -0.39 is 25.2 Å². The second-order valence-corrected chi connectivity index (χ2v) is 25.1. The smallest absolute Gasteiger partial charge is 0.394 e. The molecular weight excluding hydrogens is 1390 g/mol. The molecule has 0 atom stereocenters. The van der Waals surface area contributed by atoms with Gasteiger partial charge >= 0.3 is 10.4 Å². The highest BCUT2D eigenvalue weighted by molar-refractivity contribution is 7.79. The summed E-state index contributed by atoms with van der Waals surface area (Å²) < 4.78 is 41.6. The summed E-state index contributed by atoms with van der Waals surface area (Å²) in [6.45, 7) is 4.19. The molecule has 540 valence electrons. The molecule has 0 aliphatic carbocycles.